The van der Waals surface area contributed by atoms with E-state index in [0.717, 1.165) is 64.1 Å². The highest BCUT2D eigenvalue weighted by Gasteiger charge is 2.31. The van der Waals surface area contributed by atoms with E-state index in [1.54, 1.807) is 12.4 Å². The topological polar surface area (TPSA) is 30.3 Å². The molecule has 0 amide bonds. The van der Waals surface area contributed by atoms with E-state index in [0.29, 0.717) is 22.5 Å². The molecule has 2 aromatic rings. The molecule has 0 spiro atoms. The average molecular weight is 414 g/mol. The Balaban J connectivity index is 1.47. The molecule has 0 N–H and O–H groups in total. The summed E-state index contributed by atoms with van der Waals surface area (Å²) in [5.41, 5.74) is 0.0956. The Bertz CT molecular complexity index is 809. The van der Waals surface area contributed by atoms with Gasteiger partial charge in [-0.25, -0.2) is 4.98 Å². The van der Waals surface area contributed by atoms with Gasteiger partial charge in [0.2, 0.25) is 0 Å². The van der Waals surface area contributed by atoms with Crippen molar-refractivity contribution in [1.82, 2.24) is 14.5 Å². The first kappa shape index (κ1) is 19.7. The molecule has 1 aromatic heterocycles. The van der Waals surface area contributed by atoms with Crippen LogP contribution in [-0.2, 0) is 10.9 Å². The summed E-state index contributed by atoms with van der Waals surface area (Å²) in [7, 11) is 0. The molecule has 2 fully saturated rings. The van der Waals surface area contributed by atoms with Gasteiger partial charge in [-0.05, 0) is 37.8 Å². The van der Waals surface area contributed by atoms with Crippen molar-refractivity contribution in [2.45, 2.75) is 43.9 Å². The third-order valence-electron chi connectivity index (χ3n) is 5.80. The van der Waals surface area contributed by atoms with Crippen molar-refractivity contribution in [1.29, 1.82) is 0 Å². The molecule has 2 saturated heterocycles. The fourth-order valence-electron chi connectivity index (χ4n) is 4.22. The summed E-state index contributed by atoms with van der Waals surface area (Å²) in [6.45, 7) is 3.64. The second kappa shape index (κ2) is 8.05. The third kappa shape index (κ3) is 4.07. The SMILES string of the molecule is FC(F)(F)c1cccc(-c2ncn(C3CCN(C4CCOCC4)CC3)c2Cl)c1. The van der Waals surface area contributed by atoms with Crippen LogP contribution in [0.3, 0.4) is 0 Å². The minimum atomic E-state index is -4.39. The number of hydrogen-bond donors (Lipinski definition) is 0. The van der Waals surface area contributed by atoms with Gasteiger partial charge in [0.25, 0.3) is 0 Å². The predicted molar refractivity (Wildman–Crippen MR) is 101 cm³/mol. The fraction of sp³-hybridized carbons (Fsp3) is 0.550. The molecule has 0 unspecified atom stereocenters. The highest BCUT2D eigenvalue weighted by Crippen LogP contribution is 2.36. The first-order valence-electron chi connectivity index (χ1n) is 9.65. The van der Waals surface area contributed by atoms with E-state index in [1.807, 2.05) is 4.57 Å². The molecule has 0 saturated carbocycles. The Morgan fingerprint density at radius 3 is 2.43 bits per heavy atom. The van der Waals surface area contributed by atoms with Gasteiger partial charge in [-0.1, -0.05) is 23.7 Å². The van der Waals surface area contributed by atoms with Gasteiger partial charge in [-0.2, -0.15) is 13.2 Å². The standard InChI is InChI=1S/C20H23ClF3N3O/c21-19-18(14-2-1-3-15(12-14)20(22,23)24)25-13-27(19)17-4-8-26(9-5-17)16-6-10-28-11-7-16/h1-3,12-13,16-17H,4-11H2. The van der Waals surface area contributed by atoms with Gasteiger partial charge in [0, 0.05) is 44.0 Å². The van der Waals surface area contributed by atoms with Gasteiger partial charge >= 0.3 is 6.18 Å². The van der Waals surface area contributed by atoms with Crippen LogP contribution < -0.4 is 0 Å². The molecular weight excluding hydrogens is 391 g/mol. The van der Waals surface area contributed by atoms with Crippen LogP contribution in [0.5, 0.6) is 0 Å². The number of piperidine rings is 1. The monoisotopic (exact) mass is 413 g/mol. The van der Waals surface area contributed by atoms with Crippen LogP contribution in [0.25, 0.3) is 11.3 Å². The molecule has 0 radical (unpaired) electrons. The van der Waals surface area contributed by atoms with Crippen molar-refractivity contribution in [3.63, 3.8) is 0 Å². The lowest BCUT2D eigenvalue weighted by Gasteiger charge is -2.39. The van der Waals surface area contributed by atoms with E-state index >= 15 is 0 Å². The number of halogens is 4. The molecule has 8 heteroatoms. The summed E-state index contributed by atoms with van der Waals surface area (Å²) in [4.78, 5) is 6.85. The number of aromatic nitrogens is 2. The highest BCUT2D eigenvalue weighted by molar-refractivity contribution is 6.32. The number of hydrogen-bond acceptors (Lipinski definition) is 3. The molecule has 1 aromatic carbocycles. The Morgan fingerprint density at radius 2 is 1.75 bits per heavy atom. The second-order valence-electron chi connectivity index (χ2n) is 7.48. The predicted octanol–water partition coefficient (Wildman–Crippen LogP) is 5.04. The van der Waals surface area contributed by atoms with Gasteiger partial charge in [-0.3, -0.25) is 0 Å². The molecule has 2 aliphatic rings. The van der Waals surface area contributed by atoms with E-state index in [9.17, 15) is 13.2 Å². The summed E-state index contributed by atoms with van der Waals surface area (Å²) in [5, 5.41) is 0.406. The van der Waals surface area contributed by atoms with E-state index in [-0.39, 0.29) is 6.04 Å². The Morgan fingerprint density at radius 1 is 1.04 bits per heavy atom. The van der Waals surface area contributed by atoms with E-state index in [1.165, 1.54) is 6.07 Å². The minimum absolute atomic E-state index is 0.218. The van der Waals surface area contributed by atoms with Gasteiger partial charge in [-0.15, -0.1) is 0 Å². The summed E-state index contributed by atoms with van der Waals surface area (Å²) in [5.74, 6) is 0. The van der Waals surface area contributed by atoms with Gasteiger partial charge in [0.15, 0.2) is 0 Å². The average Bonchev–Trinajstić information content (AvgIpc) is 3.10. The van der Waals surface area contributed by atoms with Crippen molar-refractivity contribution in [3.8, 4) is 11.3 Å². The maximum atomic E-state index is 13.0. The maximum absolute atomic E-state index is 13.0. The summed E-state index contributed by atoms with van der Waals surface area (Å²) in [6.07, 6.45) is 1.34. The molecule has 4 rings (SSSR count). The van der Waals surface area contributed by atoms with Gasteiger partial charge < -0.3 is 14.2 Å². The van der Waals surface area contributed by atoms with Crippen LogP contribution in [0.2, 0.25) is 5.15 Å². The first-order valence-corrected chi connectivity index (χ1v) is 10.0. The molecule has 3 heterocycles. The largest absolute Gasteiger partial charge is 0.416 e. The summed E-state index contributed by atoms with van der Waals surface area (Å²) < 4.78 is 46.4. The number of benzene rings is 1. The lowest BCUT2D eigenvalue weighted by atomic mass is 9.99. The van der Waals surface area contributed by atoms with Crippen molar-refractivity contribution in [3.05, 3.63) is 41.3 Å². The molecule has 4 nitrogen and oxygen atoms in total. The van der Waals surface area contributed by atoms with Crippen LogP contribution in [0.4, 0.5) is 13.2 Å². The lowest BCUT2D eigenvalue weighted by Crippen LogP contribution is -2.44. The fourth-order valence-corrected chi connectivity index (χ4v) is 4.56. The van der Waals surface area contributed by atoms with Crippen LogP contribution in [0.15, 0.2) is 30.6 Å². The smallest absolute Gasteiger partial charge is 0.381 e. The Kier molecular flexibility index (Phi) is 5.67. The van der Waals surface area contributed by atoms with Crippen molar-refractivity contribution in [2.75, 3.05) is 26.3 Å². The van der Waals surface area contributed by atoms with E-state index < -0.39 is 11.7 Å². The van der Waals surface area contributed by atoms with E-state index in [4.69, 9.17) is 16.3 Å². The zero-order valence-corrected chi connectivity index (χ0v) is 16.2. The Hall–Kier alpha value is -1.57. The molecule has 2 aliphatic heterocycles. The van der Waals surface area contributed by atoms with Crippen LogP contribution in [-0.4, -0.2) is 46.8 Å². The number of alkyl halides is 3. The van der Waals surface area contributed by atoms with Crippen molar-refractivity contribution >= 4 is 11.6 Å². The number of likely N-dealkylation sites (tertiary alicyclic amines) is 1. The van der Waals surface area contributed by atoms with E-state index in [2.05, 4.69) is 9.88 Å². The quantitative estimate of drug-likeness (QED) is 0.706. The molecule has 0 aliphatic carbocycles. The zero-order chi connectivity index (χ0) is 19.7. The van der Waals surface area contributed by atoms with Gasteiger partial charge in [0.05, 0.1) is 11.9 Å². The Labute approximate surface area is 167 Å². The van der Waals surface area contributed by atoms with Crippen molar-refractivity contribution < 1.29 is 17.9 Å². The van der Waals surface area contributed by atoms with Crippen LogP contribution in [0.1, 0.15) is 37.3 Å². The van der Waals surface area contributed by atoms with Crippen molar-refractivity contribution in [2.24, 2.45) is 0 Å². The molecule has 0 atom stereocenters. The first-order chi connectivity index (χ1) is 13.4. The summed E-state index contributed by atoms with van der Waals surface area (Å²) >= 11 is 6.53. The minimum Gasteiger partial charge on any atom is -0.381 e. The molecule has 0 bridgehead atoms. The number of ether oxygens (including phenoxy) is 1. The molecular formula is C20H23ClF3N3O. The zero-order valence-electron chi connectivity index (χ0n) is 15.5. The number of nitrogens with zero attached hydrogens (tertiary/aromatic N) is 3. The summed E-state index contributed by atoms with van der Waals surface area (Å²) in [6, 6.07) is 5.97. The highest BCUT2D eigenvalue weighted by atomic mass is 35.5. The van der Waals surface area contributed by atoms with Crippen LogP contribution >= 0.6 is 11.6 Å². The lowest BCUT2D eigenvalue weighted by molar-refractivity contribution is -0.137. The van der Waals surface area contributed by atoms with Gasteiger partial charge in [0.1, 0.15) is 10.8 Å². The van der Waals surface area contributed by atoms with Crippen LogP contribution in [0, 0.1) is 0 Å². The normalized spacial score (nSPS) is 20.6. The maximum Gasteiger partial charge on any atom is 0.416 e. The number of rotatable bonds is 3. The second-order valence-corrected chi connectivity index (χ2v) is 7.84. The molecule has 28 heavy (non-hydrogen) atoms. The molecule has 152 valence electrons. The number of imidazole rings is 1. The third-order valence-corrected chi connectivity index (χ3v) is 6.17.